The van der Waals surface area contributed by atoms with Crippen molar-refractivity contribution in [3.63, 3.8) is 0 Å². The van der Waals surface area contributed by atoms with Gasteiger partial charge < -0.3 is 14.6 Å². The van der Waals surface area contributed by atoms with Gasteiger partial charge >= 0.3 is 0 Å². The molecule has 170 valence electrons. The third-order valence-corrected chi connectivity index (χ3v) is 6.79. The average Bonchev–Trinajstić information content (AvgIpc) is 3.50. The van der Waals surface area contributed by atoms with Crippen LogP contribution < -0.4 is 14.8 Å². The van der Waals surface area contributed by atoms with E-state index in [4.69, 9.17) is 9.26 Å². The number of methoxy groups -OCH3 is 1. The molecule has 2 heterocycles. The smallest absolute Gasteiger partial charge is 0.261 e. The number of carbonyl (C=O) groups is 1. The molecule has 0 aliphatic rings. The Morgan fingerprint density at radius 2 is 1.91 bits per heavy atom. The maximum Gasteiger partial charge on any atom is 0.261 e. The second kappa shape index (κ2) is 9.84. The number of carbonyl (C=O) groups excluding carboxylic acids is 1. The number of amides is 1. The first-order valence-electron chi connectivity index (χ1n) is 9.86. The summed E-state index contributed by atoms with van der Waals surface area (Å²) in [5, 5.41) is 8.53. The molecular weight excluding hydrogens is 464 g/mol. The van der Waals surface area contributed by atoms with Crippen molar-refractivity contribution in [1.82, 2.24) is 10.1 Å². The molecule has 4 rings (SSSR count). The molecule has 0 saturated carbocycles. The zero-order chi connectivity index (χ0) is 23.3. The molecule has 2 aromatic carbocycles. The summed E-state index contributed by atoms with van der Waals surface area (Å²) in [5.41, 5.74) is 0.758. The number of sulfonamides is 1. The number of nitrogens with one attached hydrogen (secondary N) is 2. The van der Waals surface area contributed by atoms with Crippen LogP contribution >= 0.6 is 11.3 Å². The molecule has 0 spiro atoms. The van der Waals surface area contributed by atoms with Gasteiger partial charge in [-0.2, -0.15) is 4.98 Å². The molecule has 4 aromatic rings. The normalized spacial score (nSPS) is 11.2. The number of anilines is 2. The fraction of sp³-hybridized carbons (Fsp3) is 0.136. The highest BCUT2D eigenvalue weighted by atomic mass is 32.2. The predicted molar refractivity (Wildman–Crippen MR) is 125 cm³/mol. The molecule has 1 amide bonds. The number of hydrogen-bond acceptors (Lipinski definition) is 8. The lowest BCUT2D eigenvalue weighted by atomic mass is 10.2. The van der Waals surface area contributed by atoms with Gasteiger partial charge in [-0.25, -0.2) is 8.42 Å². The maximum atomic E-state index is 12.7. The first kappa shape index (κ1) is 22.5. The second-order valence-corrected chi connectivity index (χ2v) is 9.53. The number of ether oxygens (including phenoxy) is 1. The lowest BCUT2D eigenvalue weighted by Gasteiger charge is -2.10. The Bertz CT molecular complexity index is 1330. The Morgan fingerprint density at radius 1 is 1.09 bits per heavy atom. The Kier molecular flexibility index (Phi) is 6.71. The molecule has 2 aromatic heterocycles. The summed E-state index contributed by atoms with van der Waals surface area (Å²) in [7, 11) is -2.31. The Hall–Kier alpha value is -3.70. The van der Waals surface area contributed by atoms with Crippen LogP contribution in [-0.4, -0.2) is 31.6 Å². The van der Waals surface area contributed by atoms with Gasteiger partial charge in [-0.05, 0) is 53.9 Å². The minimum absolute atomic E-state index is 0.0219. The van der Waals surface area contributed by atoms with Crippen molar-refractivity contribution in [2.75, 3.05) is 17.1 Å². The molecule has 33 heavy (non-hydrogen) atoms. The van der Waals surface area contributed by atoms with Crippen LogP contribution in [0.3, 0.4) is 0 Å². The zero-order valence-electron chi connectivity index (χ0n) is 17.5. The minimum Gasteiger partial charge on any atom is -0.497 e. The maximum absolute atomic E-state index is 12.7. The lowest BCUT2D eigenvalue weighted by molar-refractivity contribution is -0.116. The lowest BCUT2D eigenvalue weighted by Crippen LogP contribution is -2.15. The standard InChI is InChI=1S/C22H20N4O5S2/c1-30-17-9-7-15(8-10-17)26-33(28,29)18-5-2-4-16(14-18)23-20(27)11-12-21-24-22(25-31-21)19-6-3-13-32-19/h2-10,13-14,26H,11-12H2,1H3,(H,23,27). The quantitative estimate of drug-likeness (QED) is 0.365. The van der Waals surface area contributed by atoms with E-state index in [0.717, 1.165) is 4.88 Å². The van der Waals surface area contributed by atoms with Gasteiger partial charge in [-0.3, -0.25) is 9.52 Å². The van der Waals surface area contributed by atoms with Crippen molar-refractivity contribution in [3.05, 3.63) is 71.9 Å². The largest absolute Gasteiger partial charge is 0.497 e. The topological polar surface area (TPSA) is 123 Å². The van der Waals surface area contributed by atoms with Gasteiger partial charge in [0.05, 0.1) is 16.9 Å². The van der Waals surface area contributed by atoms with Crippen molar-refractivity contribution in [3.8, 4) is 16.5 Å². The summed E-state index contributed by atoms with van der Waals surface area (Å²) in [6, 6.07) is 16.3. The van der Waals surface area contributed by atoms with Gasteiger partial charge in [-0.1, -0.05) is 17.3 Å². The number of nitrogens with zero attached hydrogens (tertiary/aromatic N) is 2. The molecule has 0 bridgehead atoms. The Morgan fingerprint density at radius 3 is 2.64 bits per heavy atom. The third kappa shape index (κ3) is 5.76. The van der Waals surface area contributed by atoms with E-state index in [1.54, 1.807) is 36.4 Å². The van der Waals surface area contributed by atoms with E-state index in [2.05, 4.69) is 20.2 Å². The van der Waals surface area contributed by atoms with Crippen molar-refractivity contribution < 1.29 is 22.5 Å². The molecule has 0 atom stereocenters. The van der Waals surface area contributed by atoms with Crippen LogP contribution in [0.5, 0.6) is 5.75 Å². The van der Waals surface area contributed by atoms with E-state index < -0.39 is 10.0 Å². The minimum atomic E-state index is -3.84. The van der Waals surface area contributed by atoms with Crippen molar-refractivity contribution >= 4 is 38.6 Å². The molecule has 9 nitrogen and oxygen atoms in total. The first-order chi connectivity index (χ1) is 15.9. The fourth-order valence-electron chi connectivity index (χ4n) is 2.92. The highest BCUT2D eigenvalue weighted by Gasteiger charge is 2.16. The Labute approximate surface area is 194 Å². The number of hydrogen-bond donors (Lipinski definition) is 2. The molecule has 0 fully saturated rings. The molecule has 0 unspecified atom stereocenters. The summed E-state index contributed by atoms with van der Waals surface area (Å²) in [5.74, 6) is 1.16. The van der Waals surface area contributed by atoms with E-state index in [-0.39, 0.29) is 23.6 Å². The summed E-state index contributed by atoms with van der Waals surface area (Å²) in [6.07, 6.45) is 0.369. The molecule has 0 saturated heterocycles. The monoisotopic (exact) mass is 484 g/mol. The van der Waals surface area contributed by atoms with Gasteiger partial charge in [0.25, 0.3) is 10.0 Å². The van der Waals surface area contributed by atoms with Crippen LogP contribution in [0.25, 0.3) is 10.7 Å². The van der Waals surface area contributed by atoms with Crippen LogP contribution in [-0.2, 0) is 21.2 Å². The molecular formula is C22H20N4O5S2. The summed E-state index contributed by atoms with van der Waals surface area (Å²) in [4.78, 5) is 17.6. The number of aryl methyl sites for hydroxylation is 1. The van der Waals surface area contributed by atoms with Crippen LogP contribution in [0.4, 0.5) is 11.4 Å². The molecule has 0 radical (unpaired) electrons. The van der Waals surface area contributed by atoms with Crippen LogP contribution in [0.1, 0.15) is 12.3 Å². The number of aromatic nitrogens is 2. The summed E-state index contributed by atoms with van der Waals surface area (Å²) in [6.45, 7) is 0. The van der Waals surface area contributed by atoms with E-state index in [1.807, 2.05) is 17.5 Å². The number of rotatable bonds is 9. The van der Waals surface area contributed by atoms with E-state index in [9.17, 15) is 13.2 Å². The van der Waals surface area contributed by atoms with Gasteiger partial charge in [0, 0.05) is 24.2 Å². The number of benzene rings is 2. The van der Waals surface area contributed by atoms with Gasteiger partial charge in [0.1, 0.15) is 5.75 Å². The summed E-state index contributed by atoms with van der Waals surface area (Å²) < 4.78 is 38.2. The Balaban J connectivity index is 1.36. The highest BCUT2D eigenvalue weighted by molar-refractivity contribution is 7.92. The fourth-order valence-corrected chi connectivity index (χ4v) is 4.67. The number of thiophene rings is 1. The molecule has 0 aliphatic carbocycles. The van der Waals surface area contributed by atoms with Crippen LogP contribution in [0, 0.1) is 0 Å². The van der Waals surface area contributed by atoms with Crippen molar-refractivity contribution in [2.45, 2.75) is 17.7 Å². The van der Waals surface area contributed by atoms with Gasteiger partial charge in [-0.15, -0.1) is 11.3 Å². The van der Waals surface area contributed by atoms with E-state index in [0.29, 0.717) is 28.8 Å². The van der Waals surface area contributed by atoms with Gasteiger partial charge in [0.2, 0.25) is 17.6 Å². The summed E-state index contributed by atoms with van der Waals surface area (Å²) >= 11 is 1.50. The highest BCUT2D eigenvalue weighted by Crippen LogP contribution is 2.23. The van der Waals surface area contributed by atoms with Crippen LogP contribution in [0.15, 0.2) is 75.5 Å². The van der Waals surface area contributed by atoms with Gasteiger partial charge in [0.15, 0.2) is 0 Å². The van der Waals surface area contributed by atoms with Crippen molar-refractivity contribution in [1.29, 1.82) is 0 Å². The predicted octanol–water partition coefficient (Wildman–Crippen LogP) is 4.18. The molecule has 0 aliphatic heterocycles. The van der Waals surface area contributed by atoms with Crippen molar-refractivity contribution in [2.24, 2.45) is 0 Å². The van der Waals surface area contributed by atoms with E-state index >= 15 is 0 Å². The third-order valence-electron chi connectivity index (χ3n) is 4.55. The molecule has 11 heteroatoms. The van der Waals surface area contributed by atoms with Crippen LogP contribution in [0.2, 0.25) is 0 Å². The first-order valence-corrected chi connectivity index (χ1v) is 12.2. The SMILES string of the molecule is COc1ccc(NS(=O)(=O)c2cccc(NC(=O)CCc3nc(-c4cccs4)no3)c2)cc1. The second-order valence-electron chi connectivity index (χ2n) is 6.90. The van der Waals surface area contributed by atoms with E-state index in [1.165, 1.54) is 30.6 Å². The average molecular weight is 485 g/mol. The molecule has 2 N–H and O–H groups in total. The zero-order valence-corrected chi connectivity index (χ0v) is 19.2.